The normalized spacial score (nSPS) is 18.9. The molecule has 2 atom stereocenters. The minimum absolute atomic E-state index is 0.0576. The number of carbonyl (C=O) groups is 1. The summed E-state index contributed by atoms with van der Waals surface area (Å²) in [6.45, 7) is 8.47. The van der Waals surface area contributed by atoms with Gasteiger partial charge in [-0.1, -0.05) is 36.4 Å². The number of fused-ring (bicyclic) bond motifs is 1. The Morgan fingerprint density at radius 2 is 1.68 bits per heavy atom. The molecule has 6 heteroatoms. The number of ether oxygens (including phenoxy) is 1. The maximum Gasteiger partial charge on any atom is 0.410 e. The molecule has 1 amide bonds. The highest BCUT2D eigenvalue weighted by atomic mass is 16.6. The van der Waals surface area contributed by atoms with Crippen molar-refractivity contribution in [3.05, 3.63) is 100.0 Å². The summed E-state index contributed by atoms with van der Waals surface area (Å²) >= 11 is 0. The van der Waals surface area contributed by atoms with E-state index in [-0.39, 0.29) is 23.7 Å². The van der Waals surface area contributed by atoms with E-state index in [1.807, 2.05) is 67.4 Å². The number of nitrogens with zero attached hydrogens (tertiary/aromatic N) is 3. The third-order valence-corrected chi connectivity index (χ3v) is 8.07. The van der Waals surface area contributed by atoms with Crippen LogP contribution in [0.25, 0.3) is 27.6 Å². The number of carbonyl (C=O) groups excluding carboxylic acids is 1. The Labute approximate surface area is 235 Å². The Hall–Kier alpha value is -4.37. The van der Waals surface area contributed by atoms with Gasteiger partial charge in [0.25, 0.3) is 5.56 Å². The number of piperidine rings is 1. The molecule has 5 rings (SSSR count). The van der Waals surface area contributed by atoms with E-state index >= 15 is 0 Å². The molecule has 6 nitrogen and oxygen atoms in total. The standard InChI is InChI=1S/C34H35N3O3/c1-5-40-34(39)37-23(3)17-27(18-24(37)4)19-25-11-15-29(16-12-25)36-21-22(2)32-30(7-6-8-31(32)33(36)38)28-13-9-26(20-35)10-14-28/h6-16,21,23-24,27H,5,17-19H2,1-4H3/t23-,24-/m1/s1. The first-order chi connectivity index (χ1) is 19.3. The number of nitriles is 1. The van der Waals surface area contributed by atoms with Gasteiger partial charge in [0.15, 0.2) is 0 Å². The molecule has 0 unspecified atom stereocenters. The third kappa shape index (κ3) is 5.24. The molecule has 2 heterocycles. The van der Waals surface area contributed by atoms with E-state index < -0.39 is 0 Å². The summed E-state index contributed by atoms with van der Waals surface area (Å²) in [4.78, 5) is 27.9. The lowest BCUT2D eigenvalue weighted by Gasteiger charge is -2.42. The zero-order valence-corrected chi connectivity index (χ0v) is 23.6. The van der Waals surface area contributed by atoms with E-state index in [1.165, 1.54) is 5.56 Å². The highest BCUT2D eigenvalue weighted by Crippen LogP contribution is 2.32. The maximum absolute atomic E-state index is 13.6. The van der Waals surface area contributed by atoms with Gasteiger partial charge in [0.05, 0.1) is 18.2 Å². The predicted molar refractivity (Wildman–Crippen MR) is 159 cm³/mol. The number of rotatable bonds is 5. The fraction of sp³-hybridized carbons (Fsp3) is 0.324. The summed E-state index contributed by atoms with van der Waals surface area (Å²) < 4.78 is 6.99. The fourth-order valence-corrected chi connectivity index (χ4v) is 6.33. The highest BCUT2D eigenvalue weighted by molar-refractivity contribution is 5.98. The van der Waals surface area contributed by atoms with Crippen LogP contribution in [-0.4, -0.2) is 34.3 Å². The first-order valence-corrected chi connectivity index (χ1v) is 14.0. The van der Waals surface area contributed by atoms with Crippen molar-refractivity contribution in [2.45, 2.75) is 59.0 Å². The molecule has 0 spiro atoms. The van der Waals surface area contributed by atoms with Crippen molar-refractivity contribution in [1.29, 1.82) is 5.26 Å². The van der Waals surface area contributed by atoms with Crippen molar-refractivity contribution in [2.24, 2.45) is 5.92 Å². The molecule has 1 aliphatic rings. The molecule has 1 aromatic heterocycles. The number of hydrogen-bond donors (Lipinski definition) is 0. The van der Waals surface area contributed by atoms with Gasteiger partial charge in [-0.15, -0.1) is 0 Å². The molecule has 40 heavy (non-hydrogen) atoms. The van der Waals surface area contributed by atoms with Gasteiger partial charge in [-0.05, 0) is 111 Å². The second kappa shape index (κ2) is 11.4. The first kappa shape index (κ1) is 27.2. The molecule has 0 bridgehead atoms. The fourth-order valence-electron chi connectivity index (χ4n) is 6.33. The molecule has 3 aromatic carbocycles. The van der Waals surface area contributed by atoms with Gasteiger partial charge in [-0.2, -0.15) is 5.26 Å². The lowest BCUT2D eigenvalue weighted by Crippen LogP contribution is -2.50. The van der Waals surface area contributed by atoms with Crippen LogP contribution in [0.3, 0.4) is 0 Å². The molecule has 204 valence electrons. The van der Waals surface area contributed by atoms with E-state index in [4.69, 9.17) is 10.00 Å². The van der Waals surface area contributed by atoms with Gasteiger partial charge in [0.1, 0.15) is 0 Å². The summed E-state index contributed by atoms with van der Waals surface area (Å²) in [5.41, 5.74) is 5.58. The maximum atomic E-state index is 13.6. The molecule has 0 radical (unpaired) electrons. The Kier molecular flexibility index (Phi) is 7.75. The summed E-state index contributed by atoms with van der Waals surface area (Å²) in [5, 5.41) is 10.7. The van der Waals surface area contributed by atoms with Crippen molar-refractivity contribution in [1.82, 2.24) is 9.47 Å². The topological polar surface area (TPSA) is 75.3 Å². The van der Waals surface area contributed by atoms with Gasteiger partial charge in [0, 0.05) is 29.4 Å². The second-order valence-corrected chi connectivity index (χ2v) is 10.9. The molecule has 0 N–H and O–H groups in total. The van der Waals surface area contributed by atoms with Crippen molar-refractivity contribution in [3.8, 4) is 22.9 Å². The average Bonchev–Trinajstić information content (AvgIpc) is 2.95. The Balaban J connectivity index is 1.38. The number of pyridine rings is 1. The monoisotopic (exact) mass is 533 g/mol. The summed E-state index contributed by atoms with van der Waals surface area (Å²) in [6, 6.07) is 24.0. The number of hydrogen-bond acceptors (Lipinski definition) is 4. The smallest absolute Gasteiger partial charge is 0.410 e. The van der Waals surface area contributed by atoms with E-state index in [0.29, 0.717) is 23.5 Å². The molecule has 0 saturated carbocycles. The molecule has 4 aromatic rings. The summed E-state index contributed by atoms with van der Waals surface area (Å²) in [6.07, 6.45) is 4.52. The Bertz CT molecular complexity index is 1620. The molecular formula is C34H35N3O3. The molecule has 1 fully saturated rings. The highest BCUT2D eigenvalue weighted by Gasteiger charge is 2.34. The van der Waals surface area contributed by atoms with E-state index in [0.717, 1.165) is 47.0 Å². The van der Waals surface area contributed by atoms with Gasteiger partial charge in [-0.3, -0.25) is 9.36 Å². The zero-order valence-electron chi connectivity index (χ0n) is 23.6. The van der Waals surface area contributed by atoms with Crippen LogP contribution in [0.2, 0.25) is 0 Å². The number of aryl methyl sites for hydroxylation is 1. The second-order valence-electron chi connectivity index (χ2n) is 10.9. The van der Waals surface area contributed by atoms with Crippen molar-refractivity contribution >= 4 is 16.9 Å². The first-order valence-electron chi connectivity index (χ1n) is 14.0. The van der Waals surface area contributed by atoms with E-state index in [2.05, 4.69) is 32.0 Å². The summed E-state index contributed by atoms with van der Waals surface area (Å²) in [5.74, 6) is 0.479. The van der Waals surface area contributed by atoms with Crippen LogP contribution in [0.1, 0.15) is 50.3 Å². The number of benzene rings is 3. The predicted octanol–water partition coefficient (Wildman–Crippen LogP) is 7.03. The van der Waals surface area contributed by atoms with E-state index in [1.54, 1.807) is 16.7 Å². The number of likely N-dealkylation sites (tertiary alicyclic amines) is 1. The SMILES string of the molecule is CCOC(=O)N1[C@H](C)CC(Cc2ccc(-n3cc(C)c4c(-c5ccc(C#N)cc5)cccc4c3=O)cc2)C[C@H]1C. The van der Waals surface area contributed by atoms with Crippen LogP contribution in [0, 0.1) is 24.2 Å². The van der Waals surface area contributed by atoms with Crippen molar-refractivity contribution < 1.29 is 9.53 Å². The Morgan fingerprint density at radius 3 is 2.30 bits per heavy atom. The van der Waals surface area contributed by atoms with E-state index in [9.17, 15) is 9.59 Å². The lowest BCUT2D eigenvalue weighted by atomic mass is 9.83. The molecular weight excluding hydrogens is 498 g/mol. The van der Waals surface area contributed by atoms with Crippen molar-refractivity contribution in [2.75, 3.05) is 6.61 Å². The number of aromatic nitrogens is 1. The zero-order chi connectivity index (χ0) is 28.4. The van der Waals surface area contributed by atoms with Gasteiger partial charge in [0.2, 0.25) is 0 Å². The average molecular weight is 534 g/mol. The number of amides is 1. The van der Waals surface area contributed by atoms with Gasteiger partial charge >= 0.3 is 6.09 Å². The van der Waals surface area contributed by atoms with Crippen LogP contribution >= 0.6 is 0 Å². The quantitative estimate of drug-likeness (QED) is 0.276. The molecule has 0 aliphatic carbocycles. The molecule has 1 aliphatic heterocycles. The lowest BCUT2D eigenvalue weighted by molar-refractivity contribution is 0.0433. The van der Waals surface area contributed by atoms with Crippen molar-refractivity contribution in [3.63, 3.8) is 0 Å². The van der Waals surface area contributed by atoms with Crippen LogP contribution in [0.4, 0.5) is 4.79 Å². The minimum Gasteiger partial charge on any atom is -0.450 e. The van der Waals surface area contributed by atoms with Gasteiger partial charge < -0.3 is 9.64 Å². The minimum atomic E-state index is -0.217. The van der Waals surface area contributed by atoms with Crippen LogP contribution < -0.4 is 5.56 Å². The third-order valence-electron chi connectivity index (χ3n) is 8.07. The van der Waals surface area contributed by atoms with Crippen LogP contribution in [0.5, 0.6) is 0 Å². The largest absolute Gasteiger partial charge is 0.450 e. The van der Waals surface area contributed by atoms with Crippen LogP contribution in [-0.2, 0) is 11.2 Å². The Morgan fingerprint density at radius 1 is 1.00 bits per heavy atom. The van der Waals surface area contributed by atoms with Crippen LogP contribution in [0.15, 0.2) is 77.7 Å². The summed E-state index contributed by atoms with van der Waals surface area (Å²) in [7, 11) is 0. The molecule has 1 saturated heterocycles. The van der Waals surface area contributed by atoms with Gasteiger partial charge in [-0.25, -0.2) is 4.79 Å².